The third kappa shape index (κ3) is 5.21. The fourth-order valence-corrected chi connectivity index (χ4v) is 5.76. The molecule has 0 aliphatic carbocycles. The van der Waals surface area contributed by atoms with Crippen LogP contribution in [0.1, 0.15) is 23.6 Å². The zero-order valence-corrected chi connectivity index (χ0v) is 21.0. The number of fused-ring (bicyclic) bond motifs is 1. The van der Waals surface area contributed by atoms with Crippen molar-refractivity contribution in [3.05, 3.63) is 53.1 Å². The van der Waals surface area contributed by atoms with E-state index in [1.165, 1.54) is 16.8 Å². The molecule has 0 bridgehead atoms. The molecule has 0 radical (unpaired) electrons. The summed E-state index contributed by atoms with van der Waals surface area (Å²) < 4.78 is 32.4. The molecule has 2 heterocycles. The molecule has 2 aromatic carbocycles. The Morgan fingerprint density at radius 3 is 2.35 bits per heavy atom. The quantitative estimate of drug-likeness (QED) is 0.644. The monoisotopic (exact) mass is 486 g/mol. The highest BCUT2D eigenvalue weighted by Crippen LogP contribution is 2.36. The molecular formula is C25H34N4O4S. The SMILES string of the molecule is CCNS(=O)(=O)c1ccc(CC(=O)N2CCc3c(OC)ccc(N4CCN(C)CC4)c3C2)cc1. The second-order valence-electron chi connectivity index (χ2n) is 8.92. The number of sulfonamides is 1. The molecular weight excluding hydrogens is 452 g/mol. The summed E-state index contributed by atoms with van der Waals surface area (Å²) in [7, 11) is 0.339. The van der Waals surface area contributed by atoms with E-state index in [2.05, 4.69) is 27.6 Å². The van der Waals surface area contributed by atoms with Gasteiger partial charge in [0.05, 0.1) is 18.4 Å². The second-order valence-corrected chi connectivity index (χ2v) is 10.7. The van der Waals surface area contributed by atoms with Gasteiger partial charge in [0.2, 0.25) is 15.9 Å². The van der Waals surface area contributed by atoms with Crippen LogP contribution in [-0.4, -0.2) is 77.6 Å². The fraction of sp³-hybridized carbons (Fsp3) is 0.480. The average Bonchev–Trinajstić information content (AvgIpc) is 2.84. The van der Waals surface area contributed by atoms with Crippen LogP contribution in [0.25, 0.3) is 0 Å². The van der Waals surface area contributed by atoms with Gasteiger partial charge in [0.15, 0.2) is 0 Å². The molecule has 1 fully saturated rings. The van der Waals surface area contributed by atoms with Crippen LogP contribution in [0.2, 0.25) is 0 Å². The first-order valence-corrected chi connectivity index (χ1v) is 13.3. The van der Waals surface area contributed by atoms with Crippen molar-refractivity contribution in [2.75, 3.05) is 58.3 Å². The van der Waals surface area contributed by atoms with Crippen molar-refractivity contribution in [2.45, 2.75) is 31.2 Å². The van der Waals surface area contributed by atoms with Gasteiger partial charge in [-0.15, -0.1) is 0 Å². The van der Waals surface area contributed by atoms with Gasteiger partial charge in [-0.2, -0.15) is 0 Å². The van der Waals surface area contributed by atoms with Gasteiger partial charge < -0.3 is 19.4 Å². The van der Waals surface area contributed by atoms with Crippen LogP contribution in [0.4, 0.5) is 5.69 Å². The molecule has 0 unspecified atom stereocenters. The van der Waals surface area contributed by atoms with Crippen LogP contribution in [0.15, 0.2) is 41.3 Å². The second kappa shape index (κ2) is 10.3. The minimum absolute atomic E-state index is 0.0417. The van der Waals surface area contributed by atoms with Gasteiger partial charge in [-0.1, -0.05) is 19.1 Å². The number of rotatable bonds is 7. The molecule has 34 heavy (non-hydrogen) atoms. The van der Waals surface area contributed by atoms with Crippen LogP contribution >= 0.6 is 0 Å². The van der Waals surface area contributed by atoms with Crippen molar-refractivity contribution in [3.63, 3.8) is 0 Å². The first-order chi connectivity index (χ1) is 16.3. The normalized spacial score (nSPS) is 16.9. The number of benzene rings is 2. The van der Waals surface area contributed by atoms with Crippen molar-refractivity contribution in [2.24, 2.45) is 0 Å². The summed E-state index contributed by atoms with van der Waals surface area (Å²) in [5.41, 5.74) is 4.37. The van der Waals surface area contributed by atoms with Crippen LogP contribution in [-0.2, 0) is 34.2 Å². The minimum Gasteiger partial charge on any atom is -0.496 e. The van der Waals surface area contributed by atoms with E-state index in [0.717, 1.165) is 43.9 Å². The molecule has 0 spiro atoms. The Morgan fingerprint density at radius 2 is 1.71 bits per heavy atom. The molecule has 0 atom stereocenters. The van der Waals surface area contributed by atoms with E-state index in [4.69, 9.17) is 4.74 Å². The number of hydrogen-bond donors (Lipinski definition) is 1. The highest BCUT2D eigenvalue weighted by atomic mass is 32.2. The van der Waals surface area contributed by atoms with Gasteiger partial charge in [-0.05, 0) is 43.3 Å². The van der Waals surface area contributed by atoms with E-state index < -0.39 is 10.0 Å². The van der Waals surface area contributed by atoms with Crippen LogP contribution in [0, 0.1) is 0 Å². The maximum atomic E-state index is 13.2. The molecule has 2 aromatic rings. The first kappa shape index (κ1) is 24.5. The summed E-state index contributed by atoms with van der Waals surface area (Å²) in [6.45, 7) is 7.23. The standard InChI is InChI=1S/C25H34N4O4S/c1-4-26-34(31,32)20-7-5-19(6-8-20)17-25(30)29-12-11-21-22(18-29)23(9-10-24(21)33-3)28-15-13-27(2)14-16-28/h5-10,26H,4,11-18H2,1-3H3. The van der Waals surface area contributed by atoms with E-state index in [0.29, 0.717) is 19.6 Å². The lowest BCUT2D eigenvalue weighted by molar-refractivity contribution is -0.131. The molecule has 0 aromatic heterocycles. The smallest absolute Gasteiger partial charge is 0.240 e. The highest BCUT2D eigenvalue weighted by molar-refractivity contribution is 7.89. The first-order valence-electron chi connectivity index (χ1n) is 11.8. The molecule has 0 saturated carbocycles. The van der Waals surface area contributed by atoms with Gasteiger partial charge in [0.25, 0.3) is 0 Å². The number of anilines is 1. The lowest BCUT2D eigenvalue weighted by Crippen LogP contribution is -2.45. The topological polar surface area (TPSA) is 82.2 Å². The lowest BCUT2D eigenvalue weighted by atomic mass is 9.95. The van der Waals surface area contributed by atoms with Gasteiger partial charge in [0, 0.05) is 62.6 Å². The number of piperazine rings is 1. The van der Waals surface area contributed by atoms with Crippen LogP contribution < -0.4 is 14.4 Å². The van der Waals surface area contributed by atoms with E-state index in [-0.39, 0.29) is 17.2 Å². The van der Waals surface area contributed by atoms with E-state index in [1.807, 2.05) is 11.0 Å². The Morgan fingerprint density at radius 1 is 1.00 bits per heavy atom. The van der Waals surface area contributed by atoms with Gasteiger partial charge >= 0.3 is 0 Å². The minimum atomic E-state index is -3.50. The number of methoxy groups -OCH3 is 1. The maximum absolute atomic E-state index is 13.2. The van der Waals surface area contributed by atoms with E-state index in [9.17, 15) is 13.2 Å². The van der Waals surface area contributed by atoms with E-state index in [1.54, 1.807) is 38.3 Å². The third-order valence-corrected chi connectivity index (χ3v) is 8.25. The number of carbonyl (C=O) groups is 1. The fourth-order valence-electron chi connectivity index (χ4n) is 4.72. The molecule has 1 amide bonds. The Hall–Kier alpha value is -2.62. The summed E-state index contributed by atoms with van der Waals surface area (Å²) >= 11 is 0. The Kier molecular flexibility index (Phi) is 7.45. The summed E-state index contributed by atoms with van der Waals surface area (Å²) in [4.78, 5) is 20.1. The maximum Gasteiger partial charge on any atom is 0.240 e. The molecule has 4 rings (SSSR count). The van der Waals surface area contributed by atoms with Crippen molar-refractivity contribution in [1.29, 1.82) is 0 Å². The predicted molar refractivity (Wildman–Crippen MR) is 133 cm³/mol. The molecule has 1 saturated heterocycles. The van der Waals surface area contributed by atoms with E-state index >= 15 is 0 Å². The zero-order valence-electron chi connectivity index (χ0n) is 20.2. The summed E-state index contributed by atoms with van der Waals surface area (Å²) in [6.07, 6.45) is 0.996. The Balaban J connectivity index is 1.50. The number of amides is 1. The van der Waals surface area contributed by atoms with Gasteiger partial charge in [0.1, 0.15) is 5.75 Å². The number of likely N-dealkylation sites (N-methyl/N-ethyl adjacent to an activating group) is 1. The predicted octanol–water partition coefficient (Wildman–Crippen LogP) is 1.87. The van der Waals surface area contributed by atoms with Crippen molar-refractivity contribution in [3.8, 4) is 5.75 Å². The number of hydrogen-bond acceptors (Lipinski definition) is 6. The summed E-state index contributed by atoms with van der Waals surface area (Å²) in [6, 6.07) is 10.7. The van der Waals surface area contributed by atoms with Crippen molar-refractivity contribution < 1.29 is 17.9 Å². The van der Waals surface area contributed by atoms with Crippen molar-refractivity contribution >= 4 is 21.6 Å². The summed E-state index contributed by atoms with van der Waals surface area (Å²) in [5.74, 6) is 0.928. The van der Waals surface area contributed by atoms with Gasteiger partial charge in [-0.25, -0.2) is 13.1 Å². The molecule has 9 heteroatoms. The number of carbonyl (C=O) groups excluding carboxylic acids is 1. The average molecular weight is 487 g/mol. The molecule has 2 aliphatic heterocycles. The molecule has 2 aliphatic rings. The Bertz CT molecular complexity index is 1130. The van der Waals surface area contributed by atoms with Crippen LogP contribution in [0.3, 0.4) is 0 Å². The Labute approximate surface area is 202 Å². The number of nitrogens with one attached hydrogen (secondary N) is 1. The summed E-state index contributed by atoms with van der Waals surface area (Å²) in [5, 5.41) is 0. The molecule has 184 valence electrons. The highest BCUT2D eigenvalue weighted by Gasteiger charge is 2.28. The number of ether oxygens (including phenoxy) is 1. The zero-order chi connectivity index (χ0) is 24.3. The lowest BCUT2D eigenvalue weighted by Gasteiger charge is -2.38. The number of nitrogens with zero attached hydrogens (tertiary/aromatic N) is 3. The van der Waals surface area contributed by atoms with Crippen LogP contribution in [0.5, 0.6) is 5.75 Å². The largest absolute Gasteiger partial charge is 0.496 e. The van der Waals surface area contributed by atoms with Gasteiger partial charge in [-0.3, -0.25) is 4.79 Å². The van der Waals surface area contributed by atoms with Crippen molar-refractivity contribution in [1.82, 2.24) is 14.5 Å². The molecule has 1 N–H and O–H groups in total. The third-order valence-electron chi connectivity index (χ3n) is 6.68. The molecule has 8 nitrogen and oxygen atoms in total.